The van der Waals surface area contributed by atoms with Crippen LogP contribution in [0.5, 0.6) is 0 Å². The molecule has 2 atom stereocenters. The van der Waals surface area contributed by atoms with Gasteiger partial charge < -0.3 is 14.6 Å². The predicted molar refractivity (Wildman–Crippen MR) is 123 cm³/mol. The summed E-state index contributed by atoms with van der Waals surface area (Å²) in [5.41, 5.74) is 0. The lowest BCUT2D eigenvalue weighted by molar-refractivity contribution is -0.157. The maximum Gasteiger partial charge on any atom is 0.309 e. The molecule has 0 rings (SSSR count). The number of rotatable bonds is 21. The van der Waals surface area contributed by atoms with Crippen LogP contribution in [0.4, 0.5) is 0 Å². The first kappa shape index (κ1) is 29.4. The Labute approximate surface area is 189 Å². The third-order valence-electron chi connectivity index (χ3n) is 5.66. The molecular weight excluding hydrogens is 396 g/mol. The van der Waals surface area contributed by atoms with Gasteiger partial charge in [-0.1, -0.05) is 85.0 Å². The monoisotopic (exact) mass is 442 g/mol. The number of unbranched alkanes of at least 4 members (excludes halogenated alkanes) is 10. The van der Waals surface area contributed by atoms with Crippen molar-refractivity contribution in [3.8, 4) is 0 Å². The number of esters is 2. The number of carboxylic acid groups (broad SMARTS) is 1. The van der Waals surface area contributed by atoms with Gasteiger partial charge in [0, 0.05) is 0 Å². The van der Waals surface area contributed by atoms with Gasteiger partial charge in [-0.15, -0.1) is 0 Å². The number of carbonyl (C=O) groups is 3. The van der Waals surface area contributed by atoms with E-state index in [1.807, 2.05) is 0 Å². The van der Waals surface area contributed by atoms with Crippen LogP contribution in [-0.2, 0) is 23.9 Å². The molecule has 6 nitrogen and oxygen atoms in total. The molecule has 0 radical (unpaired) electrons. The highest BCUT2D eigenvalue weighted by molar-refractivity contribution is 5.81. The summed E-state index contributed by atoms with van der Waals surface area (Å²) >= 11 is 0. The lowest BCUT2D eigenvalue weighted by atomic mass is 9.90. The van der Waals surface area contributed by atoms with Gasteiger partial charge in [-0.3, -0.25) is 14.4 Å². The molecule has 0 aromatic heterocycles. The third-order valence-corrected chi connectivity index (χ3v) is 5.66. The number of carbonyl (C=O) groups excluding carboxylic acids is 2. The first-order valence-electron chi connectivity index (χ1n) is 12.5. The standard InChI is InChI=1S/C25H46O6/c1-4-7-9-11-13-15-17-30-23(26)20-22(19-21(6-3)24(27)28)25(29)31-18-16-14-12-10-8-5-2/h21-22H,4-20H2,1-3H3,(H,27,28). The Kier molecular flexibility index (Phi) is 19.3. The molecule has 2 unspecified atom stereocenters. The Morgan fingerprint density at radius 3 is 1.65 bits per heavy atom. The van der Waals surface area contributed by atoms with Crippen LogP contribution in [-0.4, -0.2) is 36.2 Å². The van der Waals surface area contributed by atoms with E-state index in [0.717, 1.165) is 38.5 Å². The second-order valence-electron chi connectivity index (χ2n) is 8.50. The molecule has 6 heteroatoms. The molecule has 182 valence electrons. The highest BCUT2D eigenvalue weighted by atomic mass is 16.5. The van der Waals surface area contributed by atoms with E-state index in [0.29, 0.717) is 19.6 Å². The predicted octanol–water partition coefficient (Wildman–Crippen LogP) is 6.30. The fourth-order valence-electron chi connectivity index (χ4n) is 3.55. The molecule has 0 aliphatic heterocycles. The first-order valence-corrected chi connectivity index (χ1v) is 12.5. The van der Waals surface area contributed by atoms with Crippen molar-refractivity contribution in [3.05, 3.63) is 0 Å². The van der Waals surface area contributed by atoms with Crippen LogP contribution < -0.4 is 0 Å². The van der Waals surface area contributed by atoms with Crippen molar-refractivity contribution in [2.24, 2.45) is 11.8 Å². The zero-order valence-corrected chi connectivity index (χ0v) is 20.2. The summed E-state index contributed by atoms with van der Waals surface area (Å²) in [4.78, 5) is 36.2. The van der Waals surface area contributed by atoms with Crippen molar-refractivity contribution in [2.75, 3.05) is 13.2 Å². The summed E-state index contributed by atoms with van der Waals surface area (Å²) in [6.07, 6.45) is 13.5. The van der Waals surface area contributed by atoms with Gasteiger partial charge in [0.15, 0.2) is 0 Å². The van der Waals surface area contributed by atoms with E-state index in [9.17, 15) is 19.5 Å². The van der Waals surface area contributed by atoms with E-state index in [4.69, 9.17) is 9.47 Å². The van der Waals surface area contributed by atoms with Gasteiger partial charge in [0.05, 0.1) is 31.5 Å². The second-order valence-corrected chi connectivity index (χ2v) is 8.50. The first-order chi connectivity index (χ1) is 15.0. The minimum Gasteiger partial charge on any atom is -0.481 e. The summed E-state index contributed by atoms with van der Waals surface area (Å²) < 4.78 is 10.7. The maximum atomic E-state index is 12.5. The van der Waals surface area contributed by atoms with E-state index in [2.05, 4.69) is 13.8 Å². The van der Waals surface area contributed by atoms with E-state index in [1.54, 1.807) is 6.92 Å². The largest absolute Gasteiger partial charge is 0.481 e. The molecule has 0 amide bonds. The summed E-state index contributed by atoms with van der Waals surface area (Å²) in [5, 5.41) is 9.35. The number of ether oxygens (including phenoxy) is 2. The zero-order valence-electron chi connectivity index (χ0n) is 20.2. The Balaban J connectivity index is 4.43. The van der Waals surface area contributed by atoms with Crippen LogP contribution in [0.2, 0.25) is 0 Å². The highest BCUT2D eigenvalue weighted by Crippen LogP contribution is 2.22. The van der Waals surface area contributed by atoms with E-state index < -0.39 is 29.7 Å². The third kappa shape index (κ3) is 16.7. The van der Waals surface area contributed by atoms with Gasteiger partial charge in [-0.25, -0.2) is 0 Å². The van der Waals surface area contributed by atoms with E-state index in [1.165, 1.54) is 38.5 Å². The molecule has 0 heterocycles. The van der Waals surface area contributed by atoms with Crippen LogP contribution >= 0.6 is 0 Å². The Bertz CT molecular complexity index is 477. The van der Waals surface area contributed by atoms with E-state index in [-0.39, 0.29) is 12.8 Å². The number of hydrogen-bond donors (Lipinski definition) is 1. The molecule has 31 heavy (non-hydrogen) atoms. The van der Waals surface area contributed by atoms with Crippen molar-refractivity contribution in [1.29, 1.82) is 0 Å². The quantitative estimate of drug-likeness (QED) is 0.166. The lowest BCUT2D eigenvalue weighted by Gasteiger charge is -2.19. The molecular formula is C25H46O6. The number of hydrogen-bond acceptors (Lipinski definition) is 5. The summed E-state index contributed by atoms with van der Waals surface area (Å²) in [6, 6.07) is 0. The molecule has 0 aromatic rings. The molecule has 0 aliphatic rings. The molecule has 0 bridgehead atoms. The van der Waals surface area contributed by atoms with Crippen molar-refractivity contribution in [3.63, 3.8) is 0 Å². The molecule has 1 N–H and O–H groups in total. The minimum atomic E-state index is -0.948. The molecule has 0 spiro atoms. The fraction of sp³-hybridized carbons (Fsp3) is 0.880. The Morgan fingerprint density at radius 1 is 0.677 bits per heavy atom. The molecule has 0 saturated carbocycles. The highest BCUT2D eigenvalue weighted by Gasteiger charge is 2.29. The van der Waals surface area contributed by atoms with Crippen LogP contribution in [0.1, 0.15) is 117 Å². The number of aliphatic carboxylic acids is 1. The van der Waals surface area contributed by atoms with Crippen molar-refractivity contribution < 1.29 is 29.0 Å². The maximum absolute atomic E-state index is 12.5. The average molecular weight is 443 g/mol. The summed E-state index contributed by atoms with van der Waals surface area (Å²) in [7, 11) is 0. The summed E-state index contributed by atoms with van der Waals surface area (Å²) in [6.45, 7) is 6.78. The molecule has 0 fully saturated rings. The van der Waals surface area contributed by atoms with Gasteiger partial charge in [0.2, 0.25) is 0 Å². The van der Waals surface area contributed by atoms with E-state index >= 15 is 0 Å². The van der Waals surface area contributed by atoms with Crippen molar-refractivity contribution >= 4 is 17.9 Å². The Hall–Kier alpha value is -1.59. The minimum absolute atomic E-state index is 0.104. The van der Waals surface area contributed by atoms with Gasteiger partial charge in [0.25, 0.3) is 0 Å². The SMILES string of the molecule is CCCCCCCCOC(=O)CC(CC(CC)C(=O)O)C(=O)OCCCCCCCC. The second kappa shape index (κ2) is 20.3. The number of carboxylic acids is 1. The van der Waals surface area contributed by atoms with Gasteiger partial charge in [-0.2, -0.15) is 0 Å². The molecule has 0 aromatic carbocycles. The van der Waals surface area contributed by atoms with Gasteiger partial charge in [0.1, 0.15) is 0 Å². The van der Waals surface area contributed by atoms with Gasteiger partial charge >= 0.3 is 17.9 Å². The normalized spacial score (nSPS) is 12.9. The van der Waals surface area contributed by atoms with Crippen LogP contribution in [0.25, 0.3) is 0 Å². The van der Waals surface area contributed by atoms with Crippen LogP contribution in [0.3, 0.4) is 0 Å². The molecule has 0 aliphatic carbocycles. The van der Waals surface area contributed by atoms with Crippen molar-refractivity contribution in [1.82, 2.24) is 0 Å². The topological polar surface area (TPSA) is 89.9 Å². The van der Waals surface area contributed by atoms with Crippen LogP contribution in [0.15, 0.2) is 0 Å². The summed E-state index contributed by atoms with van der Waals surface area (Å²) in [5.74, 6) is -3.31. The molecule has 0 saturated heterocycles. The average Bonchev–Trinajstić information content (AvgIpc) is 2.74. The van der Waals surface area contributed by atoms with Crippen molar-refractivity contribution in [2.45, 2.75) is 117 Å². The smallest absolute Gasteiger partial charge is 0.309 e. The lowest BCUT2D eigenvalue weighted by Crippen LogP contribution is -2.27. The zero-order chi connectivity index (χ0) is 23.3. The Morgan fingerprint density at radius 2 is 1.16 bits per heavy atom. The van der Waals surface area contributed by atoms with Crippen LogP contribution in [0, 0.1) is 11.8 Å². The fourth-order valence-corrected chi connectivity index (χ4v) is 3.55. The van der Waals surface area contributed by atoms with Gasteiger partial charge in [-0.05, 0) is 25.7 Å².